The molecule has 0 bridgehead atoms. The molecule has 4 N–H and O–H groups in total. The largest absolute Gasteiger partial charge is 0.368 e. The number of piperidine rings is 1. The minimum Gasteiger partial charge on any atom is -0.368 e. The molecule has 0 unspecified atom stereocenters. The fourth-order valence-electron chi connectivity index (χ4n) is 1.42. The van der Waals surface area contributed by atoms with E-state index in [2.05, 4.69) is 18.9 Å². The van der Waals surface area contributed by atoms with Gasteiger partial charge in [-0.05, 0) is 18.3 Å². The summed E-state index contributed by atoms with van der Waals surface area (Å²) >= 11 is 0. The van der Waals surface area contributed by atoms with Crippen LogP contribution in [0.15, 0.2) is 5.10 Å². The molecule has 12 heavy (non-hydrogen) atoms. The van der Waals surface area contributed by atoms with Gasteiger partial charge < -0.3 is 16.5 Å². The van der Waals surface area contributed by atoms with Crippen LogP contribution in [0, 0.1) is 5.41 Å². The van der Waals surface area contributed by atoms with Crippen molar-refractivity contribution in [1.29, 1.82) is 0 Å². The molecule has 0 spiro atoms. The maximum atomic E-state index is 5.59. The van der Waals surface area contributed by atoms with E-state index in [1.165, 1.54) is 0 Å². The van der Waals surface area contributed by atoms with Gasteiger partial charge in [-0.1, -0.05) is 13.8 Å². The number of nitrogens with two attached hydrogens (primary N) is 2. The first-order valence-electron chi connectivity index (χ1n) is 4.33. The van der Waals surface area contributed by atoms with Gasteiger partial charge in [-0.25, -0.2) is 0 Å². The molecule has 4 nitrogen and oxygen atoms in total. The second-order valence-electron chi connectivity index (χ2n) is 4.14. The summed E-state index contributed by atoms with van der Waals surface area (Å²) in [4.78, 5) is 2.03. The minimum atomic E-state index is 0.450. The lowest BCUT2D eigenvalue weighted by Crippen LogP contribution is -2.45. The average Bonchev–Trinajstić information content (AvgIpc) is 2.03. The molecule has 1 rings (SSSR count). The van der Waals surface area contributed by atoms with Gasteiger partial charge in [0, 0.05) is 13.1 Å². The van der Waals surface area contributed by atoms with Crippen molar-refractivity contribution < 1.29 is 0 Å². The summed E-state index contributed by atoms with van der Waals surface area (Å²) in [6, 6.07) is 0. The third-order valence-electron chi connectivity index (χ3n) is 2.57. The Bertz CT molecular complexity index is 175. The second-order valence-corrected chi connectivity index (χ2v) is 4.14. The van der Waals surface area contributed by atoms with E-state index in [9.17, 15) is 0 Å². The van der Waals surface area contributed by atoms with Crippen molar-refractivity contribution in [3.8, 4) is 0 Å². The van der Waals surface area contributed by atoms with Crippen molar-refractivity contribution in [3.05, 3.63) is 0 Å². The summed E-state index contributed by atoms with van der Waals surface area (Å²) in [5.74, 6) is 5.56. The lowest BCUT2D eigenvalue weighted by atomic mass is 9.83. The maximum absolute atomic E-state index is 5.59. The highest BCUT2D eigenvalue weighted by Gasteiger charge is 2.25. The lowest BCUT2D eigenvalue weighted by molar-refractivity contribution is 0.187. The lowest BCUT2D eigenvalue weighted by Gasteiger charge is -2.37. The monoisotopic (exact) mass is 170 g/mol. The number of likely N-dealkylation sites (tertiary alicyclic amines) is 1. The molecule has 4 heteroatoms. The Morgan fingerprint density at radius 3 is 2.25 bits per heavy atom. The molecule has 1 fully saturated rings. The van der Waals surface area contributed by atoms with Crippen molar-refractivity contribution >= 4 is 5.96 Å². The predicted octanol–water partition coefficient (Wildman–Crippen LogP) is 0.297. The van der Waals surface area contributed by atoms with Crippen LogP contribution >= 0.6 is 0 Å². The summed E-state index contributed by atoms with van der Waals surface area (Å²) in [5.41, 5.74) is 6.04. The molecule has 1 aliphatic heterocycles. The number of hydrazone groups is 1. The number of nitrogens with zero attached hydrogens (tertiary/aromatic N) is 2. The van der Waals surface area contributed by atoms with Crippen molar-refractivity contribution in [1.82, 2.24) is 4.90 Å². The van der Waals surface area contributed by atoms with Gasteiger partial charge in [-0.15, -0.1) is 5.10 Å². The maximum Gasteiger partial charge on any atom is 0.213 e. The van der Waals surface area contributed by atoms with E-state index in [0.717, 1.165) is 25.9 Å². The van der Waals surface area contributed by atoms with Crippen molar-refractivity contribution in [2.45, 2.75) is 26.7 Å². The van der Waals surface area contributed by atoms with Crippen LogP contribution < -0.4 is 11.6 Å². The Kier molecular flexibility index (Phi) is 2.45. The number of hydrogen-bond donors (Lipinski definition) is 2. The summed E-state index contributed by atoms with van der Waals surface area (Å²) in [6.07, 6.45) is 2.31. The molecule has 0 aromatic carbocycles. The van der Waals surface area contributed by atoms with Crippen LogP contribution in [0.25, 0.3) is 0 Å². The summed E-state index contributed by atoms with van der Waals surface area (Å²) in [7, 11) is 0. The zero-order chi connectivity index (χ0) is 9.19. The number of guanidine groups is 1. The van der Waals surface area contributed by atoms with Gasteiger partial charge in [-0.3, -0.25) is 0 Å². The van der Waals surface area contributed by atoms with Gasteiger partial charge in [0.05, 0.1) is 0 Å². The Labute approximate surface area is 73.6 Å². The zero-order valence-corrected chi connectivity index (χ0v) is 7.88. The molecule has 1 aliphatic rings. The van der Waals surface area contributed by atoms with Crippen LogP contribution in [0.2, 0.25) is 0 Å². The zero-order valence-electron chi connectivity index (χ0n) is 7.88. The molecule has 1 heterocycles. The van der Waals surface area contributed by atoms with Crippen molar-refractivity contribution in [3.63, 3.8) is 0 Å². The van der Waals surface area contributed by atoms with Crippen LogP contribution in [-0.4, -0.2) is 23.9 Å². The van der Waals surface area contributed by atoms with E-state index >= 15 is 0 Å². The molecule has 0 aromatic heterocycles. The van der Waals surface area contributed by atoms with Gasteiger partial charge in [0.2, 0.25) is 5.96 Å². The number of hydrogen-bond acceptors (Lipinski definition) is 2. The van der Waals surface area contributed by atoms with Crippen LogP contribution in [0.5, 0.6) is 0 Å². The Balaban J connectivity index is 2.47. The number of rotatable bonds is 0. The molecule has 1 saturated heterocycles. The Morgan fingerprint density at radius 1 is 1.33 bits per heavy atom. The third-order valence-corrected chi connectivity index (χ3v) is 2.57. The van der Waals surface area contributed by atoms with Crippen molar-refractivity contribution in [2.75, 3.05) is 13.1 Å². The Hall–Kier alpha value is -0.930. The molecule has 0 amide bonds. The topological polar surface area (TPSA) is 67.6 Å². The van der Waals surface area contributed by atoms with Gasteiger partial charge in [0.25, 0.3) is 0 Å². The van der Waals surface area contributed by atoms with E-state index in [1.807, 2.05) is 4.90 Å². The minimum absolute atomic E-state index is 0.450. The fourth-order valence-corrected chi connectivity index (χ4v) is 1.42. The van der Waals surface area contributed by atoms with Crippen LogP contribution in [-0.2, 0) is 0 Å². The quantitative estimate of drug-likeness (QED) is 0.238. The first-order chi connectivity index (χ1) is 5.55. The fraction of sp³-hybridized carbons (Fsp3) is 0.875. The molecule has 0 aliphatic carbocycles. The highest BCUT2D eigenvalue weighted by Crippen LogP contribution is 2.29. The first kappa shape index (κ1) is 9.16. The van der Waals surface area contributed by atoms with E-state index in [1.54, 1.807) is 0 Å². The summed E-state index contributed by atoms with van der Waals surface area (Å²) in [5, 5.41) is 3.48. The molecule has 0 atom stereocenters. The molecule has 0 saturated carbocycles. The van der Waals surface area contributed by atoms with E-state index < -0.39 is 0 Å². The summed E-state index contributed by atoms with van der Waals surface area (Å²) < 4.78 is 0. The Morgan fingerprint density at radius 2 is 1.83 bits per heavy atom. The van der Waals surface area contributed by atoms with Gasteiger partial charge in [0.1, 0.15) is 0 Å². The highest BCUT2D eigenvalue weighted by molar-refractivity contribution is 5.77. The predicted molar refractivity (Wildman–Crippen MR) is 50.4 cm³/mol. The molecule has 0 radical (unpaired) electrons. The molecule has 70 valence electrons. The second kappa shape index (κ2) is 3.21. The van der Waals surface area contributed by atoms with E-state index in [4.69, 9.17) is 11.6 Å². The van der Waals surface area contributed by atoms with Gasteiger partial charge >= 0.3 is 0 Å². The van der Waals surface area contributed by atoms with Crippen molar-refractivity contribution in [2.24, 2.45) is 22.1 Å². The summed E-state index contributed by atoms with van der Waals surface area (Å²) in [6.45, 7) is 6.50. The molecular formula is C8H18N4. The third kappa shape index (κ3) is 2.03. The van der Waals surface area contributed by atoms with Crippen LogP contribution in [0.3, 0.4) is 0 Å². The molecular weight excluding hydrogens is 152 g/mol. The molecule has 0 aromatic rings. The smallest absolute Gasteiger partial charge is 0.213 e. The van der Waals surface area contributed by atoms with Gasteiger partial charge in [-0.2, -0.15) is 0 Å². The van der Waals surface area contributed by atoms with Crippen LogP contribution in [0.4, 0.5) is 0 Å². The standard InChI is InChI=1S/C8H18N4/c1-8(2)3-5-12(6-4-8)7(9)11-10/h3-6,10H2,1-2H3,(H2,9,11). The first-order valence-corrected chi connectivity index (χ1v) is 4.33. The SMILES string of the molecule is CC1(C)CCN(C(N)=NN)CC1. The van der Waals surface area contributed by atoms with E-state index in [0.29, 0.717) is 11.4 Å². The van der Waals surface area contributed by atoms with Crippen LogP contribution in [0.1, 0.15) is 26.7 Å². The average molecular weight is 170 g/mol. The van der Waals surface area contributed by atoms with E-state index in [-0.39, 0.29) is 0 Å². The highest BCUT2D eigenvalue weighted by atomic mass is 15.3. The normalized spacial score (nSPS) is 24.2. The van der Waals surface area contributed by atoms with Gasteiger partial charge in [0.15, 0.2) is 0 Å².